The molecular weight excluding hydrogens is 280 g/mol. The van der Waals surface area contributed by atoms with Crippen molar-refractivity contribution in [2.24, 2.45) is 11.8 Å². The Labute approximate surface area is 119 Å². The monoisotopic (exact) mass is 302 g/mol. The van der Waals surface area contributed by atoms with Gasteiger partial charge in [0.25, 0.3) is 0 Å². The summed E-state index contributed by atoms with van der Waals surface area (Å²) in [4.78, 5) is 25.9. The average molecular weight is 302 g/mol. The molecule has 1 N–H and O–H groups in total. The van der Waals surface area contributed by atoms with Crippen molar-refractivity contribution in [3.63, 3.8) is 0 Å². The van der Waals surface area contributed by atoms with Crippen LogP contribution in [0.2, 0.25) is 0 Å². The number of hydrogen-bond acceptors (Lipinski definition) is 4. The number of amides is 2. The summed E-state index contributed by atoms with van der Waals surface area (Å²) in [6, 6.07) is 0. The van der Waals surface area contributed by atoms with E-state index in [-0.39, 0.29) is 29.2 Å². The molecule has 0 unspecified atom stereocenters. The molecule has 20 heavy (non-hydrogen) atoms. The van der Waals surface area contributed by atoms with E-state index in [0.29, 0.717) is 26.1 Å². The Balaban J connectivity index is 1.95. The van der Waals surface area contributed by atoms with Gasteiger partial charge in [0.15, 0.2) is 9.84 Å². The highest BCUT2D eigenvalue weighted by molar-refractivity contribution is 7.91. The predicted octanol–water partition coefficient (Wildman–Crippen LogP) is -0.204. The van der Waals surface area contributed by atoms with Gasteiger partial charge >= 0.3 is 0 Å². The van der Waals surface area contributed by atoms with E-state index in [2.05, 4.69) is 5.32 Å². The van der Waals surface area contributed by atoms with Crippen LogP contribution in [0.1, 0.15) is 26.2 Å². The molecule has 6 nitrogen and oxygen atoms in total. The van der Waals surface area contributed by atoms with E-state index >= 15 is 0 Å². The van der Waals surface area contributed by atoms with E-state index in [9.17, 15) is 18.0 Å². The van der Waals surface area contributed by atoms with Crippen LogP contribution in [-0.2, 0) is 19.4 Å². The molecule has 0 aromatic heterocycles. The van der Waals surface area contributed by atoms with E-state index in [4.69, 9.17) is 0 Å². The number of nitrogens with zero attached hydrogens (tertiary/aromatic N) is 1. The standard InChI is InChI=1S/C13H22N2O4S/c1-2-14-12(16)10-4-3-6-15(8-10)13(17)11-5-7-20(18,19)9-11/h10-11H,2-9H2,1H3,(H,14,16)/t10-,11+/m1/s1. The Kier molecular flexibility index (Phi) is 4.67. The normalized spacial score (nSPS) is 29.1. The van der Waals surface area contributed by atoms with E-state index in [1.54, 1.807) is 4.90 Å². The molecule has 0 aliphatic carbocycles. The van der Waals surface area contributed by atoms with Gasteiger partial charge in [0.1, 0.15) is 0 Å². The van der Waals surface area contributed by atoms with Gasteiger partial charge in [0.2, 0.25) is 11.8 Å². The van der Waals surface area contributed by atoms with Gasteiger partial charge in [-0.05, 0) is 26.2 Å². The quantitative estimate of drug-likeness (QED) is 0.782. The first-order valence-corrected chi connectivity index (χ1v) is 9.02. The molecule has 114 valence electrons. The number of sulfone groups is 1. The average Bonchev–Trinajstić information content (AvgIpc) is 2.79. The SMILES string of the molecule is CCNC(=O)[C@@H]1CCCN(C(=O)[C@H]2CCS(=O)(=O)C2)C1. The maximum Gasteiger partial charge on any atom is 0.226 e. The number of hydrogen-bond donors (Lipinski definition) is 1. The van der Waals surface area contributed by atoms with Crippen molar-refractivity contribution in [2.75, 3.05) is 31.1 Å². The molecule has 2 aliphatic heterocycles. The van der Waals surface area contributed by atoms with E-state index in [1.807, 2.05) is 6.92 Å². The lowest BCUT2D eigenvalue weighted by atomic mass is 9.95. The summed E-state index contributed by atoms with van der Waals surface area (Å²) in [5, 5.41) is 2.78. The largest absolute Gasteiger partial charge is 0.356 e. The molecule has 2 fully saturated rings. The van der Waals surface area contributed by atoms with Gasteiger partial charge in [-0.1, -0.05) is 0 Å². The summed E-state index contributed by atoms with van der Waals surface area (Å²) in [6.45, 7) is 3.50. The number of carbonyl (C=O) groups is 2. The van der Waals surface area contributed by atoms with Crippen molar-refractivity contribution in [1.29, 1.82) is 0 Å². The zero-order valence-corrected chi connectivity index (χ0v) is 12.6. The maximum atomic E-state index is 12.3. The second-order valence-corrected chi connectivity index (χ2v) is 7.85. The number of likely N-dealkylation sites (tertiary alicyclic amines) is 1. The molecule has 2 rings (SSSR count). The Morgan fingerprint density at radius 3 is 2.60 bits per heavy atom. The van der Waals surface area contributed by atoms with Gasteiger partial charge in [0, 0.05) is 19.6 Å². The minimum absolute atomic E-state index is 0.0101. The van der Waals surface area contributed by atoms with E-state index in [0.717, 1.165) is 12.8 Å². The molecule has 7 heteroatoms. The summed E-state index contributed by atoms with van der Waals surface area (Å²) in [5.41, 5.74) is 0. The Bertz CT molecular complexity index is 489. The number of carbonyl (C=O) groups excluding carboxylic acids is 2. The fourth-order valence-electron chi connectivity index (χ4n) is 2.96. The molecule has 0 aromatic carbocycles. The highest BCUT2D eigenvalue weighted by Crippen LogP contribution is 2.24. The minimum Gasteiger partial charge on any atom is -0.356 e. The fraction of sp³-hybridized carbons (Fsp3) is 0.846. The molecule has 0 bridgehead atoms. The van der Waals surface area contributed by atoms with Crippen LogP contribution in [-0.4, -0.2) is 56.3 Å². The van der Waals surface area contributed by atoms with Crippen molar-refractivity contribution in [3.8, 4) is 0 Å². The smallest absolute Gasteiger partial charge is 0.226 e. The molecule has 2 saturated heterocycles. The van der Waals surface area contributed by atoms with Crippen molar-refractivity contribution in [2.45, 2.75) is 26.2 Å². The molecule has 0 saturated carbocycles. The van der Waals surface area contributed by atoms with Gasteiger partial charge < -0.3 is 10.2 Å². The molecule has 2 aliphatic rings. The highest BCUT2D eigenvalue weighted by atomic mass is 32.2. The zero-order chi connectivity index (χ0) is 14.8. The Hall–Kier alpha value is -1.11. The van der Waals surface area contributed by atoms with Crippen molar-refractivity contribution < 1.29 is 18.0 Å². The summed E-state index contributed by atoms with van der Waals surface area (Å²) in [6.07, 6.45) is 2.01. The second-order valence-electron chi connectivity index (χ2n) is 5.62. The maximum absolute atomic E-state index is 12.3. The van der Waals surface area contributed by atoms with Crippen LogP contribution in [0.25, 0.3) is 0 Å². The van der Waals surface area contributed by atoms with Crippen LogP contribution in [0.15, 0.2) is 0 Å². The van der Waals surface area contributed by atoms with Gasteiger partial charge in [-0.3, -0.25) is 9.59 Å². The first kappa shape index (κ1) is 15.3. The van der Waals surface area contributed by atoms with Crippen LogP contribution in [0.4, 0.5) is 0 Å². The summed E-state index contributed by atoms with van der Waals surface area (Å²) in [7, 11) is -3.04. The first-order chi connectivity index (χ1) is 9.43. The minimum atomic E-state index is -3.04. The third-order valence-electron chi connectivity index (χ3n) is 4.04. The van der Waals surface area contributed by atoms with E-state index in [1.165, 1.54) is 0 Å². The van der Waals surface area contributed by atoms with Crippen molar-refractivity contribution in [3.05, 3.63) is 0 Å². The van der Waals surface area contributed by atoms with Crippen molar-refractivity contribution >= 4 is 21.7 Å². The number of rotatable bonds is 3. The lowest BCUT2D eigenvalue weighted by molar-refractivity contribution is -0.138. The second kappa shape index (κ2) is 6.11. The van der Waals surface area contributed by atoms with Crippen LogP contribution in [0, 0.1) is 11.8 Å². The Morgan fingerprint density at radius 1 is 1.25 bits per heavy atom. The molecule has 2 amide bonds. The third-order valence-corrected chi connectivity index (χ3v) is 5.80. The molecular formula is C13H22N2O4S. The zero-order valence-electron chi connectivity index (χ0n) is 11.8. The van der Waals surface area contributed by atoms with Gasteiger partial charge in [0.05, 0.1) is 23.3 Å². The number of nitrogens with one attached hydrogen (secondary N) is 1. The van der Waals surface area contributed by atoms with Gasteiger partial charge in [-0.2, -0.15) is 0 Å². The van der Waals surface area contributed by atoms with Crippen LogP contribution in [0.3, 0.4) is 0 Å². The first-order valence-electron chi connectivity index (χ1n) is 7.20. The van der Waals surface area contributed by atoms with Gasteiger partial charge in [-0.25, -0.2) is 8.42 Å². The van der Waals surface area contributed by atoms with Gasteiger partial charge in [-0.15, -0.1) is 0 Å². The Morgan fingerprint density at radius 2 is 2.00 bits per heavy atom. The third kappa shape index (κ3) is 3.50. The summed E-state index contributed by atoms with van der Waals surface area (Å²) < 4.78 is 22.9. The lowest BCUT2D eigenvalue weighted by Crippen LogP contribution is -2.47. The predicted molar refractivity (Wildman–Crippen MR) is 74.7 cm³/mol. The summed E-state index contributed by atoms with van der Waals surface area (Å²) >= 11 is 0. The fourth-order valence-corrected chi connectivity index (χ4v) is 4.69. The number of piperidine rings is 1. The van der Waals surface area contributed by atoms with Crippen LogP contribution in [0.5, 0.6) is 0 Å². The lowest BCUT2D eigenvalue weighted by Gasteiger charge is -2.33. The van der Waals surface area contributed by atoms with E-state index < -0.39 is 15.8 Å². The molecule has 0 aromatic rings. The summed E-state index contributed by atoms with van der Waals surface area (Å²) in [5.74, 6) is -0.603. The highest BCUT2D eigenvalue weighted by Gasteiger charge is 2.37. The molecule has 2 heterocycles. The molecule has 0 radical (unpaired) electrons. The van der Waals surface area contributed by atoms with Crippen molar-refractivity contribution in [1.82, 2.24) is 10.2 Å². The van der Waals surface area contributed by atoms with Crippen LogP contribution >= 0.6 is 0 Å². The molecule has 0 spiro atoms. The topological polar surface area (TPSA) is 83.6 Å². The molecule has 2 atom stereocenters. The van der Waals surface area contributed by atoms with Crippen LogP contribution < -0.4 is 5.32 Å².